The Labute approximate surface area is 185 Å². The monoisotopic (exact) mass is 444 g/mol. The van der Waals surface area contributed by atoms with E-state index in [-0.39, 0.29) is 29.7 Å². The quantitative estimate of drug-likeness (QED) is 0.495. The first kappa shape index (κ1) is 24.5. The molecule has 0 spiro atoms. The highest BCUT2D eigenvalue weighted by atomic mass is 19.1. The second-order valence-corrected chi connectivity index (χ2v) is 6.80. The highest BCUT2D eigenvalue weighted by Crippen LogP contribution is 2.27. The van der Waals surface area contributed by atoms with Gasteiger partial charge < -0.3 is 19.4 Å². The number of anilines is 3. The van der Waals surface area contributed by atoms with Crippen LogP contribution in [-0.4, -0.2) is 32.4 Å². The number of hydrogen-bond acceptors (Lipinski definition) is 7. The standard InChI is InChI=1S/C21H24BFN3O6/c1-4-30-20(28)25-17-10-9-16(24-12-14-5-7-15(23)8-6-14)11-18(17)26-21(29)32-22-31-19(27)13(2)3/h5-11,13,24H,4,12H2,1-3H3,(H,25,28)(H,26,29). The van der Waals surface area contributed by atoms with Crippen LogP contribution >= 0.6 is 0 Å². The van der Waals surface area contributed by atoms with Gasteiger partial charge in [0.1, 0.15) is 5.82 Å². The Balaban J connectivity index is 2.07. The number of benzene rings is 2. The fourth-order valence-electron chi connectivity index (χ4n) is 2.34. The zero-order valence-corrected chi connectivity index (χ0v) is 17.9. The Morgan fingerprint density at radius 3 is 2.31 bits per heavy atom. The minimum atomic E-state index is -0.941. The van der Waals surface area contributed by atoms with Gasteiger partial charge in [-0.1, -0.05) is 26.0 Å². The van der Waals surface area contributed by atoms with Crippen molar-refractivity contribution in [1.29, 1.82) is 0 Å². The number of rotatable bonds is 9. The van der Waals surface area contributed by atoms with Crippen LogP contribution in [0.25, 0.3) is 0 Å². The smallest absolute Gasteiger partial charge is 0.499 e. The van der Waals surface area contributed by atoms with Crippen LogP contribution in [0.4, 0.5) is 31.0 Å². The molecule has 2 aromatic carbocycles. The van der Waals surface area contributed by atoms with Crippen molar-refractivity contribution in [2.24, 2.45) is 5.92 Å². The van der Waals surface area contributed by atoms with Gasteiger partial charge in [0.25, 0.3) is 5.97 Å². The van der Waals surface area contributed by atoms with Crippen molar-refractivity contribution in [2.45, 2.75) is 27.3 Å². The van der Waals surface area contributed by atoms with Crippen molar-refractivity contribution >= 4 is 42.9 Å². The van der Waals surface area contributed by atoms with Crippen LogP contribution in [0.1, 0.15) is 26.3 Å². The second-order valence-electron chi connectivity index (χ2n) is 6.80. The average molecular weight is 444 g/mol. The van der Waals surface area contributed by atoms with Gasteiger partial charge in [-0.2, -0.15) is 0 Å². The lowest BCUT2D eigenvalue weighted by Crippen LogP contribution is -2.23. The van der Waals surface area contributed by atoms with E-state index >= 15 is 0 Å². The molecule has 0 unspecified atom stereocenters. The lowest BCUT2D eigenvalue weighted by atomic mass is 10.2. The Morgan fingerprint density at radius 1 is 0.969 bits per heavy atom. The Kier molecular flexibility index (Phi) is 9.33. The number of carbonyl (C=O) groups excluding carboxylic acids is 3. The van der Waals surface area contributed by atoms with Gasteiger partial charge in [-0.05, 0) is 42.8 Å². The first-order valence-electron chi connectivity index (χ1n) is 9.84. The molecule has 11 heteroatoms. The summed E-state index contributed by atoms with van der Waals surface area (Å²) in [6.45, 7) is 5.49. The van der Waals surface area contributed by atoms with E-state index < -0.39 is 18.2 Å². The fourth-order valence-corrected chi connectivity index (χ4v) is 2.34. The summed E-state index contributed by atoms with van der Waals surface area (Å²) in [7, 11) is 0.632. The molecular formula is C21H24BFN3O6. The van der Waals surface area contributed by atoms with Crippen LogP contribution in [0.2, 0.25) is 0 Å². The van der Waals surface area contributed by atoms with Crippen LogP contribution in [0.5, 0.6) is 0 Å². The van der Waals surface area contributed by atoms with E-state index in [0.29, 0.717) is 19.9 Å². The van der Waals surface area contributed by atoms with E-state index in [4.69, 9.17) is 9.39 Å². The third-order valence-corrected chi connectivity index (χ3v) is 3.97. The molecule has 169 valence electrons. The largest absolute Gasteiger partial charge is 0.663 e. The zero-order chi connectivity index (χ0) is 23.5. The molecule has 0 aliphatic heterocycles. The summed E-state index contributed by atoms with van der Waals surface area (Å²) in [5.41, 5.74) is 1.91. The maximum atomic E-state index is 13.1. The molecule has 0 atom stereocenters. The number of hydrogen-bond donors (Lipinski definition) is 3. The highest BCUT2D eigenvalue weighted by Gasteiger charge is 2.16. The predicted octanol–water partition coefficient (Wildman–Crippen LogP) is 4.29. The molecule has 0 bridgehead atoms. The lowest BCUT2D eigenvalue weighted by molar-refractivity contribution is -0.138. The van der Waals surface area contributed by atoms with Gasteiger partial charge in [0, 0.05) is 18.2 Å². The summed E-state index contributed by atoms with van der Waals surface area (Å²) in [5, 5.41) is 8.11. The van der Waals surface area contributed by atoms with Gasteiger partial charge in [0.2, 0.25) is 0 Å². The number of amides is 2. The molecule has 32 heavy (non-hydrogen) atoms. The summed E-state index contributed by atoms with van der Waals surface area (Å²) in [6.07, 6.45) is -1.64. The third kappa shape index (κ3) is 8.17. The summed E-state index contributed by atoms with van der Waals surface area (Å²) < 4.78 is 27.3. The summed E-state index contributed by atoms with van der Waals surface area (Å²) >= 11 is 0. The summed E-state index contributed by atoms with van der Waals surface area (Å²) in [6, 6.07) is 10.8. The van der Waals surface area contributed by atoms with Gasteiger partial charge in [0.15, 0.2) is 0 Å². The van der Waals surface area contributed by atoms with Crippen molar-refractivity contribution in [1.82, 2.24) is 0 Å². The van der Waals surface area contributed by atoms with Crippen LogP contribution in [0.15, 0.2) is 42.5 Å². The molecule has 0 saturated carbocycles. The summed E-state index contributed by atoms with van der Waals surface area (Å²) in [4.78, 5) is 35.3. The predicted molar refractivity (Wildman–Crippen MR) is 118 cm³/mol. The molecule has 2 amide bonds. The van der Waals surface area contributed by atoms with Crippen LogP contribution < -0.4 is 16.0 Å². The lowest BCUT2D eigenvalue weighted by Gasteiger charge is -2.15. The Hall–Kier alpha value is -3.76. The first-order chi connectivity index (χ1) is 15.3. The van der Waals surface area contributed by atoms with Gasteiger partial charge in [-0.15, -0.1) is 0 Å². The van der Waals surface area contributed by atoms with Crippen LogP contribution in [0.3, 0.4) is 0 Å². The van der Waals surface area contributed by atoms with Crippen molar-refractivity contribution < 1.29 is 32.8 Å². The molecule has 0 fully saturated rings. The van der Waals surface area contributed by atoms with Gasteiger partial charge in [-0.25, -0.2) is 14.0 Å². The molecule has 0 heterocycles. The van der Waals surface area contributed by atoms with E-state index in [0.717, 1.165) is 5.56 Å². The van der Waals surface area contributed by atoms with E-state index in [1.807, 2.05) is 0 Å². The molecule has 2 rings (SSSR count). The topological polar surface area (TPSA) is 115 Å². The third-order valence-electron chi connectivity index (χ3n) is 3.97. The molecule has 0 saturated heterocycles. The van der Waals surface area contributed by atoms with E-state index in [1.165, 1.54) is 12.1 Å². The number of nitrogens with one attached hydrogen (secondary N) is 3. The van der Waals surface area contributed by atoms with Crippen LogP contribution in [0, 0.1) is 11.7 Å². The van der Waals surface area contributed by atoms with E-state index in [9.17, 15) is 18.8 Å². The molecule has 0 aliphatic rings. The SMILES string of the molecule is CCOC(=O)Nc1ccc(NCc2ccc(F)cc2)cc1NC(=O)O[B]OC(=O)C(C)C. The molecule has 0 aromatic heterocycles. The normalized spacial score (nSPS) is 10.2. The first-order valence-corrected chi connectivity index (χ1v) is 9.84. The van der Waals surface area contributed by atoms with Gasteiger partial charge >= 0.3 is 19.9 Å². The van der Waals surface area contributed by atoms with Crippen molar-refractivity contribution in [3.05, 3.63) is 53.8 Å². The molecule has 9 nitrogen and oxygen atoms in total. The highest BCUT2D eigenvalue weighted by molar-refractivity contribution is 6.26. The van der Waals surface area contributed by atoms with Crippen molar-refractivity contribution in [2.75, 3.05) is 22.6 Å². The number of carbonyl (C=O) groups is 3. The van der Waals surface area contributed by atoms with Gasteiger partial charge in [-0.3, -0.25) is 15.4 Å². The van der Waals surface area contributed by atoms with Crippen molar-refractivity contribution in [3.63, 3.8) is 0 Å². The maximum absolute atomic E-state index is 13.1. The molecule has 2 aromatic rings. The van der Waals surface area contributed by atoms with E-state index in [1.54, 1.807) is 51.1 Å². The van der Waals surface area contributed by atoms with E-state index in [2.05, 4.69) is 20.6 Å². The number of ether oxygens (including phenoxy) is 1. The second kappa shape index (κ2) is 12.2. The molecular weight excluding hydrogens is 420 g/mol. The average Bonchev–Trinajstić information content (AvgIpc) is 2.75. The number of halogens is 1. The zero-order valence-electron chi connectivity index (χ0n) is 17.9. The Bertz CT molecular complexity index is 940. The minimum absolute atomic E-state index is 0.171. The molecule has 0 aliphatic carbocycles. The minimum Gasteiger partial charge on any atom is -0.499 e. The summed E-state index contributed by atoms with van der Waals surface area (Å²) in [5.74, 6) is -1.28. The fraction of sp³-hybridized carbons (Fsp3) is 0.286. The van der Waals surface area contributed by atoms with Gasteiger partial charge in [0.05, 0.1) is 18.0 Å². The Morgan fingerprint density at radius 2 is 1.66 bits per heavy atom. The molecule has 3 N–H and O–H groups in total. The van der Waals surface area contributed by atoms with Crippen LogP contribution in [-0.2, 0) is 25.4 Å². The maximum Gasteiger partial charge on any atom is 0.663 e. The molecule has 1 radical (unpaired) electrons. The van der Waals surface area contributed by atoms with Crippen molar-refractivity contribution in [3.8, 4) is 0 Å².